The second-order valence-corrected chi connectivity index (χ2v) is 3.77. The molecule has 5 heteroatoms. The van der Waals surface area contributed by atoms with Crippen LogP contribution in [0, 0.1) is 6.92 Å². The molecule has 3 N–H and O–H groups in total. The summed E-state index contributed by atoms with van der Waals surface area (Å²) in [5.41, 5.74) is 7.01. The number of likely N-dealkylation sites (N-methyl/N-ethyl adjacent to an activating group) is 1. The molecule has 0 unspecified atom stereocenters. The van der Waals surface area contributed by atoms with Crippen molar-refractivity contribution in [1.82, 2.24) is 5.32 Å². The lowest BCUT2D eigenvalue weighted by molar-refractivity contribution is -0.124. The molecule has 17 heavy (non-hydrogen) atoms. The van der Waals surface area contributed by atoms with Crippen molar-refractivity contribution in [3.8, 4) is 0 Å². The summed E-state index contributed by atoms with van der Waals surface area (Å²) in [6.07, 6.45) is 0. The first-order chi connectivity index (χ1) is 8.04. The van der Waals surface area contributed by atoms with Crippen LogP contribution in [-0.4, -0.2) is 32.0 Å². The molecule has 0 saturated carbocycles. The summed E-state index contributed by atoms with van der Waals surface area (Å²) < 4.78 is 0. The van der Waals surface area contributed by atoms with E-state index >= 15 is 0 Å². The molecular weight excluding hydrogens is 218 g/mol. The maximum atomic E-state index is 11.7. The Bertz CT molecular complexity index is 418. The highest BCUT2D eigenvalue weighted by Crippen LogP contribution is 2.13. The lowest BCUT2D eigenvalue weighted by atomic mass is 10.2. The molecule has 0 aliphatic carbocycles. The highest BCUT2D eigenvalue weighted by molar-refractivity contribution is 5.96. The van der Waals surface area contributed by atoms with Gasteiger partial charge >= 0.3 is 0 Å². The minimum Gasteiger partial charge on any atom is -0.346 e. The summed E-state index contributed by atoms with van der Waals surface area (Å²) in [4.78, 5) is 24.2. The first-order valence-electron chi connectivity index (χ1n) is 5.34. The number of rotatable bonds is 4. The number of amides is 2. The van der Waals surface area contributed by atoms with E-state index in [1.165, 1.54) is 4.90 Å². The standard InChI is InChI=1S/C12H17N3O2/c1-9-4-3-5-10(6-9)15(2)12(17)8-14-11(16)7-13/h3-6H,7-8,13H2,1-2H3,(H,14,16). The van der Waals surface area contributed by atoms with E-state index in [0.29, 0.717) is 0 Å². The summed E-state index contributed by atoms with van der Waals surface area (Å²) in [5, 5.41) is 2.44. The smallest absolute Gasteiger partial charge is 0.246 e. The van der Waals surface area contributed by atoms with Gasteiger partial charge < -0.3 is 16.0 Å². The van der Waals surface area contributed by atoms with Gasteiger partial charge in [0.15, 0.2) is 0 Å². The van der Waals surface area contributed by atoms with Crippen molar-refractivity contribution in [2.75, 3.05) is 25.0 Å². The molecule has 0 heterocycles. The van der Waals surface area contributed by atoms with Gasteiger partial charge in [-0.05, 0) is 24.6 Å². The predicted octanol–water partition coefficient (Wildman–Crippen LogP) is 0.0327. The third-order valence-electron chi connectivity index (χ3n) is 2.39. The summed E-state index contributed by atoms with van der Waals surface area (Å²) in [6, 6.07) is 7.59. The topological polar surface area (TPSA) is 75.4 Å². The Morgan fingerprint density at radius 2 is 2.12 bits per heavy atom. The molecule has 1 aromatic carbocycles. The molecule has 5 nitrogen and oxygen atoms in total. The van der Waals surface area contributed by atoms with E-state index in [2.05, 4.69) is 5.32 Å². The Labute approximate surface area is 101 Å². The molecule has 1 rings (SSSR count). The Morgan fingerprint density at radius 1 is 1.41 bits per heavy atom. The molecule has 0 atom stereocenters. The lowest BCUT2D eigenvalue weighted by Crippen LogP contribution is -2.40. The fraction of sp³-hybridized carbons (Fsp3) is 0.333. The van der Waals surface area contributed by atoms with E-state index in [4.69, 9.17) is 5.73 Å². The van der Waals surface area contributed by atoms with Gasteiger partial charge in [0, 0.05) is 12.7 Å². The molecule has 0 saturated heterocycles. The second kappa shape index (κ2) is 6.00. The molecule has 0 radical (unpaired) electrons. The Hall–Kier alpha value is -1.88. The number of hydrogen-bond donors (Lipinski definition) is 2. The van der Waals surface area contributed by atoms with Crippen LogP contribution in [0.1, 0.15) is 5.56 Å². The number of nitrogens with two attached hydrogens (primary N) is 1. The first kappa shape index (κ1) is 13.2. The van der Waals surface area contributed by atoms with Crippen LogP contribution in [0.4, 0.5) is 5.69 Å². The van der Waals surface area contributed by atoms with Crippen molar-refractivity contribution < 1.29 is 9.59 Å². The van der Waals surface area contributed by atoms with Crippen molar-refractivity contribution in [3.63, 3.8) is 0 Å². The van der Waals surface area contributed by atoms with Crippen LogP contribution in [0.2, 0.25) is 0 Å². The number of aryl methyl sites for hydroxylation is 1. The summed E-state index contributed by atoms with van der Waals surface area (Å²) in [6.45, 7) is 1.81. The molecule has 0 aromatic heterocycles. The zero-order valence-electron chi connectivity index (χ0n) is 10.1. The molecule has 0 aliphatic heterocycles. The van der Waals surface area contributed by atoms with Crippen LogP contribution in [0.15, 0.2) is 24.3 Å². The maximum absolute atomic E-state index is 11.7. The highest BCUT2D eigenvalue weighted by atomic mass is 16.2. The first-order valence-corrected chi connectivity index (χ1v) is 5.34. The second-order valence-electron chi connectivity index (χ2n) is 3.77. The fourth-order valence-electron chi connectivity index (χ4n) is 1.35. The van der Waals surface area contributed by atoms with Crippen molar-refractivity contribution in [1.29, 1.82) is 0 Å². The Morgan fingerprint density at radius 3 is 2.71 bits per heavy atom. The number of hydrogen-bond acceptors (Lipinski definition) is 3. The minimum absolute atomic E-state index is 0.0412. The van der Waals surface area contributed by atoms with Gasteiger partial charge in [-0.15, -0.1) is 0 Å². The molecule has 0 spiro atoms. The maximum Gasteiger partial charge on any atom is 0.246 e. The van der Waals surface area contributed by atoms with Gasteiger partial charge in [0.05, 0.1) is 13.1 Å². The third-order valence-corrected chi connectivity index (χ3v) is 2.39. The monoisotopic (exact) mass is 235 g/mol. The van der Waals surface area contributed by atoms with Crippen LogP contribution in [0.5, 0.6) is 0 Å². The van der Waals surface area contributed by atoms with Crippen molar-refractivity contribution in [2.45, 2.75) is 6.92 Å². The molecule has 92 valence electrons. The normalized spacial score (nSPS) is 9.82. The SMILES string of the molecule is Cc1cccc(N(C)C(=O)CNC(=O)CN)c1. The molecular formula is C12H17N3O2. The van der Waals surface area contributed by atoms with E-state index in [9.17, 15) is 9.59 Å². The van der Waals surface area contributed by atoms with Crippen molar-refractivity contribution in [2.24, 2.45) is 5.73 Å². The number of carbonyl (C=O) groups excluding carboxylic acids is 2. The summed E-state index contributed by atoms with van der Waals surface area (Å²) in [5.74, 6) is -0.520. The third kappa shape index (κ3) is 3.88. The highest BCUT2D eigenvalue weighted by Gasteiger charge is 2.11. The number of benzene rings is 1. The average Bonchev–Trinajstić information content (AvgIpc) is 2.34. The Balaban J connectivity index is 2.60. The number of anilines is 1. The Kier molecular flexibility index (Phi) is 4.66. The van der Waals surface area contributed by atoms with Crippen LogP contribution < -0.4 is 16.0 Å². The molecule has 1 aromatic rings. The van der Waals surface area contributed by atoms with E-state index < -0.39 is 0 Å². The van der Waals surface area contributed by atoms with Crippen LogP contribution in [0.25, 0.3) is 0 Å². The quantitative estimate of drug-likeness (QED) is 0.773. The molecule has 0 fully saturated rings. The van der Waals surface area contributed by atoms with E-state index in [-0.39, 0.29) is 24.9 Å². The lowest BCUT2D eigenvalue weighted by Gasteiger charge is -2.18. The van der Waals surface area contributed by atoms with Gasteiger partial charge in [0.25, 0.3) is 0 Å². The van der Waals surface area contributed by atoms with Crippen LogP contribution >= 0.6 is 0 Å². The zero-order valence-corrected chi connectivity index (χ0v) is 10.1. The molecule has 0 aliphatic rings. The number of nitrogens with zero attached hydrogens (tertiary/aromatic N) is 1. The van der Waals surface area contributed by atoms with Crippen LogP contribution in [-0.2, 0) is 9.59 Å². The van der Waals surface area contributed by atoms with E-state index in [0.717, 1.165) is 11.3 Å². The van der Waals surface area contributed by atoms with Gasteiger partial charge in [0.1, 0.15) is 0 Å². The zero-order chi connectivity index (χ0) is 12.8. The van der Waals surface area contributed by atoms with E-state index in [1.807, 2.05) is 31.2 Å². The minimum atomic E-state index is -0.337. The van der Waals surface area contributed by atoms with Gasteiger partial charge in [-0.25, -0.2) is 0 Å². The largest absolute Gasteiger partial charge is 0.346 e. The fourth-order valence-corrected chi connectivity index (χ4v) is 1.35. The average molecular weight is 235 g/mol. The molecule has 2 amide bonds. The van der Waals surface area contributed by atoms with Gasteiger partial charge in [0.2, 0.25) is 11.8 Å². The summed E-state index contributed by atoms with van der Waals surface area (Å²) >= 11 is 0. The van der Waals surface area contributed by atoms with Gasteiger partial charge in [-0.3, -0.25) is 9.59 Å². The van der Waals surface area contributed by atoms with Crippen molar-refractivity contribution in [3.05, 3.63) is 29.8 Å². The predicted molar refractivity (Wildman–Crippen MR) is 66.7 cm³/mol. The number of carbonyl (C=O) groups is 2. The van der Waals surface area contributed by atoms with Crippen LogP contribution in [0.3, 0.4) is 0 Å². The number of nitrogens with one attached hydrogen (secondary N) is 1. The van der Waals surface area contributed by atoms with Gasteiger partial charge in [-0.2, -0.15) is 0 Å². The summed E-state index contributed by atoms with van der Waals surface area (Å²) in [7, 11) is 1.67. The van der Waals surface area contributed by atoms with Gasteiger partial charge in [-0.1, -0.05) is 12.1 Å². The molecule has 0 bridgehead atoms. The van der Waals surface area contributed by atoms with E-state index in [1.54, 1.807) is 7.05 Å². The van der Waals surface area contributed by atoms with Crippen molar-refractivity contribution >= 4 is 17.5 Å².